The molecule has 0 saturated carbocycles. The molecule has 0 saturated heterocycles. The van der Waals surface area contributed by atoms with Gasteiger partial charge in [0.05, 0.1) is 4.90 Å². The molecular formula is C10H15N2O2S. The molecule has 1 aromatic rings. The Hall–Kier alpha value is -0.910. The number of nitrogens with one attached hydrogen (secondary N) is 1. The van der Waals surface area contributed by atoms with Crippen LogP contribution < -0.4 is 10.5 Å². The van der Waals surface area contributed by atoms with Gasteiger partial charge in [0.1, 0.15) is 0 Å². The Kier molecular flexibility index (Phi) is 3.84. The first-order chi connectivity index (χ1) is 6.95. The number of rotatable bonds is 4. The van der Waals surface area contributed by atoms with Gasteiger partial charge in [-0.1, -0.05) is 12.1 Å². The molecule has 0 aliphatic heterocycles. The Morgan fingerprint density at radius 1 is 1.40 bits per heavy atom. The summed E-state index contributed by atoms with van der Waals surface area (Å²) in [5.74, 6) is 0. The van der Waals surface area contributed by atoms with Gasteiger partial charge in [-0.15, -0.1) is 0 Å². The van der Waals surface area contributed by atoms with Crippen LogP contribution in [0.5, 0.6) is 0 Å². The second-order valence-corrected chi connectivity index (χ2v) is 5.08. The second-order valence-electron chi connectivity index (χ2n) is 3.37. The molecule has 1 unspecified atom stereocenters. The van der Waals surface area contributed by atoms with E-state index in [1.165, 1.54) is 12.1 Å². The van der Waals surface area contributed by atoms with E-state index in [1.807, 2.05) is 0 Å². The predicted molar refractivity (Wildman–Crippen MR) is 59.5 cm³/mol. The highest BCUT2D eigenvalue weighted by atomic mass is 32.2. The van der Waals surface area contributed by atoms with E-state index >= 15 is 0 Å². The van der Waals surface area contributed by atoms with E-state index in [4.69, 9.17) is 5.73 Å². The lowest BCUT2D eigenvalue weighted by Crippen LogP contribution is -2.30. The summed E-state index contributed by atoms with van der Waals surface area (Å²) < 4.78 is 25.7. The smallest absolute Gasteiger partial charge is 0.240 e. The molecular weight excluding hydrogens is 212 g/mol. The van der Waals surface area contributed by atoms with Crippen LogP contribution in [0.4, 0.5) is 0 Å². The molecule has 4 nitrogen and oxygen atoms in total. The average Bonchev–Trinajstić information content (AvgIpc) is 2.16. The lowest BCUT2D eigenvalue weighted by molar-refractivity contribution is 0.576. The third-order valence-corrected chi connectivity index (χ3v) is 3.43. The minimum Gasteiger partial charge on any atom is -0.326 e. The van der Waals surface area contributed by atoms with Gasteiger partial charge in [0.25, 0.3) is 0 Å². The highest BCUT2D eigenvalue weighted by Crippen LogP contribution is 2.10. The predicted octanol–water partition coefficient (Wildman–Crippen LogP) is 0.646. The van der Waals surface area contributed by atoms with Crippen molar-refractivity contribution in [3.8, 4) is 0 Å². The quantitative estimate of drug-likeness (QED) is 0.793. The number of sulfonamides is 1. The minimum absolute atomic E-state index is 0.232. The highest BCUT2D eigenvalue weighted by Gasteiger charge is 2.14. The molecule has 1 rings (SSSR count). The number of nitrogens with two attached hydrogens (primary N) is 1. The van der Waals surface area contributed by atoms with Crippen LogP contribution in [0.3, 0.4) is 0 Å². The molecule has 0 aliphatic carbocycles. The first-order valence-corrected chi connectivity index (χ1v) is 6.08. The van der Waals surface area contributed by atoms with Gasteiger partial charge in [0, 0.05) is 12.6 Å². The number of hydrogen-bond donors (Lipinski definition) is 2. The highest BCUT2D eigenvalue weighted by molar-refractivity contribution is 7.89. The van der Waals surface area contributed by atoms with E-state index < -0.39 is 10.0 Å². The first-order valence-electron chi connectivity index (χ1n) is 4.60. The fourth-order valence-corrected chi connectivity index (χ4v) is 2.30. The van der Waals surface area contributed by atoms with Crippen molar-refractivity contribution in [2.24, 2.45) is 5.73 Å². The molecule has 0 spiro atoms. The van der Waals surface area contributed by atoms with E-state index in [-0.39, 0.29) is 10.9 Å². The zero-order valence-corrected chi connectivity index (χ0v) is 9.42. The van der Waals surface area contributed by atoms with E-state index in [2.05, 4.69) is 11.6 Å². The lowest BCUT2D eigenvalue weighted by Gasteiger charge is -2.09. The Balaban J connectivity index is 2.96. The van der Waals surface area contributed by atoms with E-state index in [1.54, 1.807) is 19.1 Å². The summed E-state index contributed by atoms with van der Waals surface area (Å²) in [5.41, 5.74) is 6.31. The third-order valence-electron chi connectivity index (χ3n) is 1.83. The van der Waals surface area contributed by atoms with Gasteiger partial charge in [-0.2, -0.15) is 0 Å². The van der Waals surface area contributed by atoms with Crippen LogP contribution in [-0.2, 0) is 16.6 Å². The van der Waals surface area contributed by atoms with Crippen LogP contribution in [0, 0.1) is 6.92 Å². The van der Waals surface area contributed by atoms with Crippen LogP contribution in [0.1, 0.15) is 12.5 Å². The maximum Gasteiger partial charge on any atom is 0.240 e. The molecule has 83 valence electrons. The summed E-state index contributed by atoms with van der Waals surface area (Å²) in [6, 6.07) is 6.11. The molecule has 1 radical (unpaired) electrons. The standard InChI is InChI=1S/C10H15N2O2S/c1-8(2)12-15(13,14)10-5-3-9(7-11)4-6-10/h3-6,8,12H,1,7,11H2,2H3. The van der Waals surface area contributed by atoms with Crippen molar-refractivity contribution in [3.63, 3.8) is 0 Å². The second kappa shape index (κ2) is 4.74. The molecule has 0 heterocycles. The van der Waals surface area contributed by atoms with Gasteiger partial charge in [0.15, 0.2) is 0 Å². The molecule has 0 fully saturated rings. The summed E-state index contributed by atoms with van der Waals surface area (Å²) in [7, 11) is -3.44. The minimum atomic E-state index is -3.44. The van der Waals surface area contributed by atoms with Crippen LogP contribution in [-0.4, -0.2) is 14.5 Å². The summed E-state index contributed by atoms with van der Waals surface area (Å²) in [6.45, 7) is 5.65. The van der Waals surface area contributed by atoms with Crippen molar-refractivity contribution in [3.05, 3.63) is 36.8 Å². The van der Waals surface area contributed by atoms with Crippen molar-refractivity contribution < 1.29 is 8.42 Å². The van der Waals surface area contributed by atoms with Gasteiger partial charge < -0.3 is 5.73 Å². The summed E-state index contributed by atoms with van der Waals surface area (Å²) in [6.07, 6.45) is 0. The summed E-state index contributed by atoms with van der Waals surface area (Å²) in [4.78, 5) is 0.232. The van der Waals surface area contributed by atoms with Gasteiger partial charge in [0.2, 0.25) is 10.0 Å². The molecule has 0 aromatic heterocycles. The van der Waals surface area contributed by atoms with Gasteiger partial charge in [-0.25, -0.2) is 13.1 Å². The normalized spacial score (nSPS) is 12.0. The Morgan fingerprint density at radius 2 is 1.93 bits per heavy atom. The third kappa shape index (κ3) is 3.30. The van der Waals surface area contributed by atoms with E-state index in [0.29, 0.717) is 6.54 Å². The summed E-state index contributed by atoms with van der Waals surface area (Å²) in [5, 5.41) is 0. The molecule has 15 heavy (non-hydrogen) atoms. The maximum atomic E-state index is 11.7. The fraction of sp³-hybridized carbons (Fsp3) is 0.300. The van der Waals surface area contributed by atoms with Crippen molar-refractivity contribution in [1.82, 2.24) is 4.72 Å². The maximum absolute atomic E-state index is 11.7. The van der Waals surface area contributed by atoms with E-state index in [0.717, 1.165) is 5.56 Å². The van der Waals surface area contributed by atoms with Crippen LogP contribution in [0.2, 0.25) is 0 Å². The van der Waals surface area contributed by atoms with Crippen molar-refractivity contribution in [2.75, 3.05) is 0 Å². The molecule has 0 amide bonds. The molecule has 1 atom stereocenters. The number of hydrogen-bond acceptors (Lipinski definition) is 3. The first kappa shape index (κ1) is 12.2. The Bertz CT molecular complexity index is 410. The molecule has 5 heteroatoms. The van der Waals surface area contributed by atoms with Gasteiger partial charge >= 0.3 is 0 Å². The van der Waals surface area contributed by atoms with Crippen LogP contribution in [0.25, 0.3) is 0 Å². The fourth-order valence-electron chi connectivity index (χ4n) is 1.14. The topological polar surface area (TPSA) is 72.2 Å². The van der Waals surface area contributed by atoms with Crippen molar-refractivity contribution in [1.29, 1.82) is 0 Å². The zero-order valence-electron chi connectivity index (χ0n) is 8.60. The van der Waals surface area contributed by atoms with Crippen molar-refractivity contribution >= 4 is 10.0 Å². The zero-order chi connectivity index (χ0) is 11.5. The van der Waals surface area contributed by atoms with Gasteiger partial charge in [-0.05, 0) is 31.5 Å². The van der Waals surface area contributed by atoms with Gasteiger partial charge in [-0.3, -0.25) is 0 Å². The average molecular weight is 227 g/mol. The molecule has 0 aliphatic rings. The van der Waals surface area contributed by atoms with Crippen LogP contribution in [0.15, 0.2) is 29.2 Å². The SMILES string of the molecule is [CH2]C(C)NS(=O)(=O)c1ccc(CN)cc1. The molecule has 1 aromatic carbocycles. The Labute approximate surface area is 90.5 Å². The molecule has 0 bridgehead atoms. The Morgan fingerprint density at radius 3 is 2.33 bits per heavy atom. The largest absolute Gasteiger partial charge is 0.326 e. The van der Waals surface area contributed by atoms with Crippen molar-refractivity contribution in [2.45, 2.75) is 24.4 Å². The van der Waals surface area contributed by atoms with Crippen LogP contribution >= 0.6 is 0 Å². The lowest BCUT2D eigenvalue weighted by atomic mass is 10.2. The molecule has 3 N–H and O–H groups in total. The number of benzene rings is 1. The monoisotopic (exact) mass is 227 g/mol. The summed E-state index contributed by atoms with van der Waals surface area (Å²) >= 11 is 0. The van der Waals surface area contributed by atoms with E-state index in [9.17, 15) is 8.42 Å².